The van der Waals surface area contributed by atoms with E-state index in [0.717, 1.165) is 6.42 Å². The van der Waals surface area contributed by atoms with Gasteiger partial charge in [-0.1, -0.05) is 29.3 Å². The van der Waals surface area contributed by atoms with Crippen LogP contribution in [0.1, 0.15) is 6.42 Å². The number of nitrogens with zero attached hydrogens (tertiary/aromatic N) is 1. The Balaban J connectivity index is 1.69. The highest BCUT2D eigenvalue weighted by molar-refractivity contribution is 6.35. The molecule has 10 heteroatoms. The molecule has 0 saturated heterocycles. The van der Waals surface area contributed by atoms with Crippen molar-refractivity contribution < 1.29 is 19.0 Å². The van der Waals surface area contributed by atoms with Gasteiger partial charge < -0.3 is 25.3 Å². The Morgan fingerprint density at radius 1 is 1.13 bits per heavy atom. The van der Waals surface area contributed by atoms with Crippen LogP contribution in [-0.4, -0.2) is 43.0 Å². The third-order valence-electron chi connectivity index (χ3n) is 4.18. The molecule has 164 valence electrons. The molecule has 0 aliphatic heterocycles. The largest absolute Gasteiger partial charge is 0.496 e. The molecular formula is C21H22Cl2N4O4. The quantitative estimate of drug-likeness (QED) is 0.388. The summed E-state index contributed by atoms with van der Waals surface area (Å²) in [6.07, 6.45) is 0.721. The van der Waals surface area contributed by atoms with E-state index in [2.05, 4.69) is 15.5 Å². The van der Waals surface area contributed by atoms with E-state index in [1.807, 2.05) is 18.2 Å². The van der Waals surface area contributed by atoms with Crippen LogP contribution >= 0.6 is 23.2 Å². The minimum absolute atomic E-state index is 0.244. The topological polar surface area (TPSA) is 111 Å². The molecule has 0 aliphatic rings. The van der Waals surface area contributed by atoms with E-state index in [9.17, 15) is 4.79 Å². The van der Waals surface area contributed by atoms with Crippen LogP contribution in [0.2, 0.25) is 10.0 Å². The van der Waals surface area contributed by atoms with Gasteiger partial charge in [-0.3, -0.25) is 9.89 Å². The molecule has 1 amide bonds. The van der Waals surface area contributed by atoms with Gasteiger partial charge in [0.1, 0.15) is 17.2 Å². The van der Waals surface area contributed by atoms with Crippen LogP contribution in [0.4, 0.5) is 5.82 Å². The molecule has 31 heavy (non-hydrogen) atoms. The first-order valence-electron chi connectivity index (χ1n) is 9.45. The number of hydrogen-bond donors (Lipinski definition) is 3. The Morgan fingerprint density at radius 3 is 2.68 bits per heavy atom. The molecular weight excluding hydrogens is 443 g/mol. The van der Waals surface area contributed by atoms with Crippen molar-refractivity contribution in [2.45, 2.75) is 6.42 Å². The standard InChI is InChI=1S/C21H22Cl2N4O4/c1-29-17-4-2-5-18(30-9-3-8-24)21(17)15-11-19(27-26-15)25-20(28)12-31-16-7-6-13(22)10-14(16)23/h2,4-7,10-11H,3,8-9,12,24H2,1H3,(H2,25,26,27,28). The number of carbonyl (C=O) groups is 1. The van der Waals surface area contributed by atoms with E-state index in [1.165, 1.54) is 6.07 Å². The Morgan fingerprint density at radius 2 is 1.94 bits per heavy atom. The van der Waals surface area contributed by atoms with Crippen LogP contribution in [0.3, 0.4) is 0 Å². The molecule has 0 radical (unpaired) electrons. The zero-order valence-electron chi connectivity index (χ0n) is 16.8. The molecule has 0 bridgehead atoms. The van der Waals surface area contributed by atoms with Gasteiger partial charge in [-0.25, -0.2) is 0 Å². The summed E-state index contributed by atoms with van der Waals surface area (Å²) in [7, 11) is 1.57. The van der Waals surface area contributed by atoms with Gasteiger partial charge in [-0.05, 0) is 43.3 Å². The Bertz CT molecular complexity index is 1040. The number of carbonyl (C=O) groups excluding carboxylic acids is 1. The first-order valence-corrected chi connectivity index (χ1v) is 10.2. The number of aromatic nitrogens is 2. The van der Waals surface area contributed by atoms with Crippen molar-refractivity contribution in [1.29, 1.82) is 0 Å². The minimum atomic E-state index is -0.400. The van der Waals surface area contributed by atoms with E-state index in [0.29, 0.717) is 57.5 Å². The summed E-state index contributed by atoms with van der Waals surface area (Å²) >= 11 is 11.9. The van der Waals surface area contributed by atoms with Crippen molar-refractivity contribution >= 4 is 34.9 Å². The average molecular weight is 465 g/mol. The molecule has 8 nitrogen and oxygen atoms in total. The van der Waals surface area contributed by atoms with E-state index in [4.69, 9.17) is 43.1 Å². The maximum atomic E-state index is 12.3. The van der Waals surface area contributed by atoms with E-state index in [-0.39, 0.29) is 6.61 Å². The second-order valence-corrected chi connectivity index (χ2v) is 7.25. The van der Waals surface area contributed by atoms with Gasteiger partial charge in [0.15, 0.2) is 12.4 Å². The molecule has 0 saturated carbocycles. The normalized spacial score (nSPS) is 10.6. The van der Waals surface area contributed by atoms with E-state index in [1.54, 1.807) is 25.3 Å². The predicted octanol–water partition coefficient (Wildman–Crippen LogP) is 4.14. The number of methoxy groups -OCH3 is 1. The van der Waals surface area contributed by atoms with E-state index < -0.39 is 5.91 Å². The predicted molar refractivity (Wildman–Crippen MR) is 120 cm³/mol. The summed E-state index contributed by atoms with van der Waals surface area (Å²) in [5.41, 5.74) is 6.86. The van der Waals surface area contributed by atoms with Crippen molar-refractivity contribution in [1.82, 2.24) is 10.2 Å². The van der Waals surface area contributed by atoms with Crippen molar-refractivity contribution in [2.75, 3.05) is 32.2 Å². The number of nitrogens with two attached hydrogens (primary N) is 1. The third-order valence-corrected chi connectivity index (χ3v) is 4.71. The van der Waals surface area contributed by atoms with Gasteiger partial charge in [0.25, 0.3) is 5.91 Å². The second kappa shape index (κ2) is 10.9. The van der Waals surface area contributed by atoms with Crippen LogP contribution in [0.15, 0.2) is 42.5 Å². The number of anilines is 1. The number of hydrogen-bond acceptors (Lipinski definition) is 6. The van der Waals surface area contributed by atoms with Crippen molar-refractivity contribution in [3.05, 3.63) is 52.5 Å². The highest BCUT2D eigenvalue weighted by Gasteiger charge is 2.16. The number of rotatable bonds is 10. The Hall–Kier alpha value is -2.94. The molecule has 2 aromatic carbocycles. The monoisotopic (exact) mass is 464 g/mol. The molecule has 0 aliphatic carbocycles. The fourth-order valence-electron chi connectivity index (χ4n) is 2.76. The Labute approximate surface area is 189 Å². The van der Waals surface area contributed by atoms with Crippen molar-refractivity contribution in [3.8, 4) is 28.5 Å². The molecule has 4 N–H and O–H groups in total. The van der Waals surface area contributed by atoms with Crippen LogP contribution in [0.5, 0.6) is 17.2 Å². The number of amides is 1. The van der Waals surface area contributed by atoms with Gasteiger partial charge in [-0.15, -0.1) is 0 Å². The first kappa shape index (κ1) is 22.7. The van der Waals surface area contributed by atoms with Crippen molar-refractivity contribution in [2.24, 2.45) is 5.73 Å². The molecule has 0 fully saturated rings. The lowest BCUT2D eigenvalue weighted by Gasteiger charge is -2.13. The zero-order chi connectivity index (χ0) is 22.2. The van der Waals surface area contributed by atoms with Gasteiger partial charge in [-0.2, -0.15) is 5.10 Å². The maximum Gasteiger partial charge on any atom is 0.263 e. The second-order valence-electron chi connectivity index (χ2n) is 6.40. The van der Waals surface area contributed by atoms with Gasteiger partial charge in [0, 0.05) is 11.1 Å². The van der Waals surface area contributed by atoms with E-state index >= 15 is 0 Å². The fourth-order valence-corrected chi connectivity index (χ4v) is 3.22. The minimum Gasteiger partial charge on any atom is -0.496 e. The van der Waals surface area contributed by atoms with Crippen LogP contribution in [0, 0.1) is 0 Å². The molecule has 0 unspecified atom stereocenters. The number of aromatic amines is 1. The summed E-state index contributed by atoms with van der Waals surface area (Å²) in [6, 6.07) is 11.9. The third kappa shape index (κ3) is 6.04. The summed E-state index contributed by atoms with van der Waals surface area (Å²) in [5, 5.41) is 10.5. The molecule has 0 spiro atoms. The Kier molecular flexibility index (Phi) is 8.00. The van der Waals surface area contributed by atoms with Gasteiger partial charge in [0.2, 0.25) is 0 Å². The SMILES string of the molecule is COc1cccc(OCCCN)c1-c1cc(NC(=O)COc2ccc(Cl)cc2Cl)n[nH]1. The van der Waals surface area contributed by atoms with Gasteiger partial charge in [0.05, 0.1) is 30.0 Å². The number of benzene rings is 2. The number of nitrogens with one attached hydrogen (secondary N) is 2. The summed E-state index contributed by atoms with van der Waals surface area (Å²) in [6.45, 7) is 0.757. The smallest absolute Gasteiger partial charge is 0.263 e. The average Bonchev–Trinajstić information content (AvgIpc) is 3.21. The molecule has 0 atom stereocenters. The molecule has 3 aromatic rings. The molecule has 1 aromatic heterocycles. The van der Waals surface area contributed by atoms with Crippen molar-refractivity contribution in [3.63, 3.8) is 0 Å². The lowest BCUT2D eigenvalue weighted by Crippen LogP contribution is -2.20. The lowest BCUT2D eigenvalue weighted by molar-refractivity contribution is -0.118. The number of H-pyrrole nitrogens is 1. The summed E-state index contributed by atoms with van der Waals surface area (Å²) in [5.74, 6) is 1.51. The summed E-state index contributed by atoms with van der Waals surface area (Å²) in [4.78, 5) is 12.3. The molecule has 1 heterocycles. The lowest BCUT2D eigenvalue weighted by atomic mass is 10.1. The van der Waals surface area contributed by atoms with Crippen LogP contribution < -0.4 is 25.3 Å². The fraction of sp³-hybridized carbons (Fsp3) is 0.238. The molecule has 3 rings (SSSR count). The highest BCUT2D eigenvalue weighted by atomic mass is 35.5. The highest BCUT2D eigenvalue weighted by Crippen LogP contribution is 2.38. The summed E-state index contributed by atoms with van der Waals surface area (Å²) < 4.78 is 16.7. The van der Waals surface area contributed by atoms with Crippen LogP contribution in [0.25, 0.3) is 11.3 Å². The number of ether oxygens (including phenoxy) is 3. The van der Waals surface area contributed by atoms with Gasteiger partial charge >= 0.3 is 0 Å². The number of halogens is 2. The maximum absolute atomic E-state index is 12.3. The van der Waals surface area contributed by atoms with Crippen LogP contribution in [-0.2, 0) is 4.79 Å². The first-order chi connectivity index (χ1) is 15.0. The zero-order valence-corrected chi connectivity index (χ0v) is 18.3.